The summed E-state index contributed by atoms with van der Waals surface area (Å²) in [6.45, 7) is 9.43. The van der Waals surface area contributed by atoms with E-state index in [0.717, 1.165) is 30.2 Å². The molecule has 1 aromatic heterocycles. The van der Waals surface area contributed by atoms with E-state index in [4.69, 9.17) is 9.72 Å². The van der Waals surface area contributed by atoms with Crippen LogP contribution in [0.2, 0.25) is 0 Å². The predicted octanol–water partition coefficient (Wildman–Crippen LogP) is 2.40. The van der Waals surface area contributed by atoms with Gasteiger partial charge in [-0.15, -0.1) is 0 Å². The van der Waals surface area contributed by atoms with Crippen LogP contribution in [0.15, 0.2) is 18.2 Å². The van der Waals surface area contributed by atoms with Crippen molar-refractivity contribution in [2.24, 2.45) is 0 Å². The molecule has 1 aliphatic rings. The normalized spacial score (nSPS) is 16.1. The largest absolute Gasteiger partial charge is 0.466 e. The number of hydrogen-bond acceptors (Lipinski definition) is 5. The Labute approximate surface area is 131 Å². The second-order valence-electron chi connectivity index (χ2n) is 6.32. The van der Waals surface area contributed by atoms with E-state index in [0.29, 0.717) is 13.2 Å². The summed E-state index contributed by atoms with van der Waals surface area (Å²) in [6.07, 6.45) is 3.19. The summed E-state index contributed by atoms with van der Waals surface area (Å²) < 4.78 is 10.1. The van der Waals surface area contributed by atoms with Gasteiger partial charge in [-0.2, -0.15) is 0 Å². The van der Waals surface area contributed by atoms with Gasteiger partial charge in [-0.3, -0.25) is 0 Å². The molecular weight excluding hydrogens is 280 g/mol. The first-order valence-corrected chi connectivity index (χ1v) is 7.52. The Morgan fingerprint density at radius 2 is 2.00 bits per heavy atom. The van der Waals surface area contributed by atoms with Gasteiger partial charge in [0.1, 0.15) is 5.82 Å². The highest BCUT2D eigenvalue weighted by atomic mass is 16.5. The number of ether oxygens (including phenoxy) is 2. The van der Waals surface area contributed by atoms with Gasteiger partial charge in [0, 0.05) is 35.8 Å². The van der Waals surface area contributed by atoms with E-state index < -0.39 is 0 Å². The van der Waals surface area contributed by atoms with Crippen molar-refractivity contribution in [2.75, 3.05) is 38.3 Å². The first-order chi connectivity index (χ1) is 10.4. The molecule has 0 saturated carbocycles. The SMILES string of the molecule is COC(=O)C=Cc1ccc(C(C)(C)C)nc1N1CCOCC1. The van der Waals surface area contributed by atoms with E-state index >= 15 is 0 Å². The summed E-state index contributed by atoms with van der Waals surface area (Å²) in [4.78, 5) is 18.4. The van der Waals surface area contributed by atoms with Crippen LogP contribution in [0, 0.1) is 0 Å². The summed E-state index contributed by atoms with van der Waals surface area (Å²) >= 11 is 0. The van der Waals surface area contributed by atoms with Crippen molar-refractivity contribution in [1.29, 1.82) is 0 Å². The zero-order chi connectivity index (χ0) is 16.2. The van der Waals surface area contributed by atoms with Crippen molar-refractivity contribution in [3.8, 4) is 0 Å². The van der Waals surface area contributed by atoms with Crippen LogP contribution in [0.5, 0.6) is 0 Å². The lowest BCUT2D eigenvalue weighted by atomic mass is 9.91. The Morgan fingerprint density at radius 3 is 2.59 bits per heavy atom. The molecule has 1 aromatic rings. The van der Waals surface area contributed by atoms with Gasteiger partial charge in [0.25, 0.3) is 0 Å². The molecular formula is C17H24N2O3. The second kappa shape index (κ2) is 6.92. The highest BCUT2D eigenvalue weighted by molar-refractivity contribution is 5.88. The minimum Gasteiger partial charge on any atom is -0.466 e. The molecule has 5 heteroatoms. The number of aromatic nitrogens is 1. The van der Waals surface area contributed by atoms with Gasteiger partial charge in [-0.1, -0.05) is 20.8 Å². The van der Waals surface area contributed by atoms with E-state index in [-0.39, 0.29) is 11.4 Å². The van der Waals surface area contributed by atoms with Crippen molar-refractivity contribution < 1.29 is 14.3 Å². The lowest BCUT2D eigenvalue weighted by Crippen LogP contribution is -2.37. The molecule has 0 bridgehead atoms. The predicted molar refractivity (Wildman–Crippen MR) is 87.0 cm³/mol. The summed E-state index contributed by atoms with van der Waals surface area (Å²) in [5.74, 6) is 0.531. The number of nitrogens with zero attached hydrogens (tertiary/aromatic N) is 2. The molecule has 2 heterocycles. The molecule has 0 N–H and O–H groups in total. The molecule has 120 valence electrons. The fraction of sp³-hybridized carbons (Fsp3) is 0.529. The van der Waals surface area contributed by atoms with Crippen LogP contribution in [0.4, 0.5) is 5.82 Å². The highest BCUT2D eigenvalue weighted by Gasteiger charge is 2.20. The van der Waals surface area contributed by atoms with Crippen molar-refractivity contribution >= 4 is 17.9 Å². The summed E-state index contributed by atoms with van der Waals surface area (Å²) in [5.41, 5.74) is 1.93. The maximum absolute atomic E-state index is 11.3. The molecule has 1 fully saturated rings. The lowest BCUT2D eigenvalue weighted by Gasteiger charge is -2.30. The van der Waals surface area contributed by atoms with Crippen LogP contribution < -0.4 is 4.90 Å². The summed E-state index contributed by atoms with van der Waals surface area (Å²) in [5, 5.41) is 0. The van der Waals surface area contributed by atoms with Gasteiger partial charge in [0.15, 0.2) is 0 Å². The smallest absolute Gasteiger partial charge is 0.330 e. The molecule has 1 saturated heterocycles. The molecule has 0 aromatic carbocycles. The Hall–Kier alpha value is -1.88. The third-order valence-electron chi connectivity index (χ3n) is 3.58. The molecule has 0 amide bonds. The van der Waals surface area contributed by atoms with Gasteiger partial charge >= 0.3 is 5.97 Å². The van der Waals surface area contributed by atoms with Gasteiger partial charge in [-0.05, 0) is 18.2 Å². The second-order valence-corrected chi connectivity index (χ2v) is 6.32. The minimum absolute atomic E-state index is 0.0222. The van der Waals surface area contributed by atoms with Crippen molar-refractivity contribution in [2.45, 2.75) is 26.2 Å². The monoisotopic (exact) mass is 304 g/mol. The number of esters is 1. The standard InChI is InChI=1S/C17H24N2O3/c1-17(2,3)14-7-5-13(6-8-15(20)21-4)16(18-14)19-9-11-22-12-10-19/h5-8H,9-12H2,1-4H3. The molecule has 0 unspecified atom stereocenters. The third-order valence-corrected chi connectivity index (χ3v) is 3.58. The zero-order valence-electron chi connectivity index (χ0n) is 13.8. The number of anilines is 1. The Bertz CT molecular complexity index is 556. The Kier molecular flexibility index (Phi) is 5.19. The fourth-order valence-corrected chi connectivity index (χ4v) is 2.26. The first kappa shape index (κ1) is 16.5. The minimum atomic E-state index is -0.368. The van der Waals surface area contributed by atoms with Gasteiger partial charge in [0.05, 0.1) is 20.3 Å². The number of pyridine rings is 1. The molecule has 22 heavy (non-hydrogen) atoms. The van der Waals surface area contributed by atoms with Crippen LogP contribution in [-0.4, -0.2) is 44.4 Å². The highest BCUT2D eigenvalue weighted by Crippen LogP contribution is 2.27. The summed E-state index contributed by atoms with van der Waals surface area (Å²) in [6, 6.07) is 4.03. The van der Waals surface area contributed by atoms with E-state index in [9.17, 15) is 4.79 Å². The first-order valence-electron chi connectivity index (χ1n) is 7.52. The maximum atomic E-state index is 11.3. The molecule has 0 spiro atoms. The van der Waals surface area contributed by atoms with Crippen LogP contribution >= 0.6 is 0 Å². The Morgan fingerprint density at radius 1 is 1.32 bits per heavy atom. The molecule has 0 aliphatic carbocycles. The van der Waals surface area contributed by atoms with E-state index in [1.807, 2.05) is 12.1 Å². The van der Waals surface area contributed by atoms with Gasteiger partial charge in [0.2, 0.25) is 0 Å². The van der Waals surface area contributed by atoms with Crippen molar-refractivity contribution in [3.05, 3.63) is 29.5 Å². The number of carbonyl (C=O) groups is 1. The topological polar surface area (TPSA) is 51.7 Å². The molecule has 0 radical (unpaired) electrons. The Balaban J connectivity index is 2.38. The molecule has 0 atom stereocenters. The van der Waals surface area contributed by atoms with E-state index in [1.54, 1.807) is 6.08 Å². The van der Waals surface area contributed by atoms with Crippen molar-refractivity contribution in [1.82, 2.24) is 4.98 Å². The van der Waals surface area contributed by atoms with Crippen LogP contribution in [0.3, 0.4) is 0 Å². The average molecular weight is 304 g/mol. The van der Waals surface area contributed by atoms with Crippen LogP contribution in [0.1, 0.15) is 32.0 Å². The molecule has 1 aliphatic heterocycles. The number of morpholine rings is 1. The number of methoxy groups -OCH3 is 1. The lowest BCUT2D eigenvalue weighted by molar-refractivity contribution is -0.134. The maximum Gasteiger partial charge on any atom is 0.330 e. The van der Waals surface area contributed by atoms with Gasteiger partial charge < -0.3 is 14.4 Å². The average Bonchev–Trinajstić information content (AvgIpc) is 2.52. The summed E-state index contributed by atoms with van der Waals surface area (Å²) in [7, 11) is 1.37. The van der Waals surface area contributed by atoms with E-state index in [1.165, 1.54) is 13.2 Å². The van der Waals surface area contributed by atoms with Crippen molar-refractivity contribution in [3.63, 3.8) is 0 Å². The van der Waals surface area contributed by atoms with Crippen LogP contribution in [-0.2, 0) is 19.7 Å². The third kappa shape index (κ3) is 4.07. The number of carbonyl (C=O) groups excluding carboxylic acids is 1. The number of hydrogen-bond donors (Lipinski definition) is 0. The fourth-order valence-electron chi connectivity index (χ4n) is 2.26. The zero-order valence-corrected chi connectivity index (χ0v) is 13.8. The van der Waals surface area contributed by atoms with Gasteiger partial charge in [-0.25, -0.2) is 9.78 Å². The van der Waals surface area contributed by atoms with E-state index in [2.05, 4.69) is 30.4 Å². The van der Waals surface area contributed by atoms with Crippen LogP contribution in [0.25, 0.3) is 6.08 Å². The molecule has 2 rings (SSSR count). The quantitative estimate of drug-likeness (QED) is 0.634. The molecule has 5 nitrogen and oxygen atoms in total. The number of rotatable bonds is 3.